The largest absolute Gasteiger partial charge is 0.336 e. The van der Waals surface area contributed by atoms with Gasteiger partial charge < -0.3 is 10.2 Å². The summed E-state index contributed by atoms with van der Waals surface area (Å²) in [6, 6.07) is 6.08. The summed E-state index contributed by atoms with van der Waals surface area (Å²) in [4.78, 5) is 26.5. The Balaban J connectivity index is 1.52. The first kappa shape index (κ1) is 15.8. The molecule has 1 amide bonds. The molecule has 2 heterocycles. The highest BCUT2D eigenvalue weighted by atomic mass is 16.6. The van der Waals surface area contributed by atoms with Crippen LogP contribution >= 0.6 is 0 Å². The third-order valence-corrected chi connectivity index (χ3v) is 3.73. The molecule has 126 valence electrons. The van der Waals surface area contributed by atoms with Crippen molar-refractivity contribution in [3.8, 4) is 0 Å². The van der Waals surface area contributed by atoms with Gasteiger partial charge in [0.1, 0.15) is 5.69 Å². The van der Waals surface area contributed by atoms with Crippen molar-refractivity contribution in [2.75, 3.05) is 42.9 Å². The van der Waals surface area contributed by atoms with Crippen molar-refractivity contribution < 1.29 is 9.72 Å². The smallest absolute Gasteiger partial charge is 0.292 e. The first-order valence-electron chi connectivity index (χ1n) is 7.37. The molecule has 0 saturated carbocycles. The third-order valence-electron chi connectivity index (χ3n) is 3.73. The summed E-state index contributed by atoms with van der Waals surface area (Å²) >= 11 is 0. The van der Waals surface area contributed by atoms with Gasteiger partial charge >= 0.3 is 0 Å². The number of piperazine rings is 1. The lowest BCUT2D eigenvalue weighted by Gasteiger charge is -2.33. The molecule has 0 bridgehead atoms. The number of nitrogens with zero attached hydrogens (tertiary/aromatic N) is 6. The summed E-state index contributed by atoms with van der Waals surface area (Å²) in [6.07, 6.45) is 0. The summed E-state index contributed by atoms with van der Waals surface area (Å²) in [5.41, 5.74) is 0.0886. The summed E-state index contributed by atoms with van der Waals surface area (Å²) < 4.78 is 0. The molecule has 0 unspecified atom stereocenters. The fourth-order valence-electron chi connectivity index (χ4n) is 2.53. The lowest BCUT2D eigenvalue weighted by molar-refractivity contribution is -0.383. The van der Waals surface area contributed by atoms with E-state index < -0.39 is 4.92 Å². The van der Waals surface area contributed by atoms with Crippen LogP contribution in [-0.4, -0.2) is 69.1 Å². The number of amides is 1. The van der Waals surface area contributed by atoms with Crippen molar-refractivity contribution in [2.24, 2.45) is 0 Å². The highest BCUT2D eigenvalue weighted by Crippen LogP contribution is 2.23. The normalized spacial score (nSPS) is 15.2. The highest BCUT2D eigenvalue weighted by Gasteiger charge is 2.22. The number of aromatic nitrogens is 4. The van der Waals surface area contributed by atoms with E-state index >= 15 is 0 Å². The summed E-state index contributed by atoms with van der Waals surface area (Å²) in [5, 5.41) is 27.3. The number of rotatable bonds is 5. The number of hydrogen-bond acceptors (Lipinski definition) is 8. The van der Waals surface area contributed by atoms with Crippen molar-refractivity contribution >= 4 is 23.2 Å². The van der Waals surface area contributed by atoms with Crippen LogP contribution in [0.4, 0.5) is 17.3 Å². The van der Waals surface area contributed by atoms with Crippen LogP contribution in [-0.2, 0) is 4.79 Å². The van der Waals surface area contributed by atoms with Crippen LogP contribution in [0.5, 0.6) is 0 Å². The van der Waals surface area contributed by atoms with E-state index in [0.717, 1.165) is 0 Å². The molecule has 0 atom stereocenters. The first-order valence-corrected chi connectivity index (χ1v) is 7.37. The minimum Gasteiger partial charge on any atom is -0.336 e. The predicted octanol–water partition coefficient (Wildman–Crippen LogP) is -0.131. The van der Waals surface area contributed by atoms with Crippen LogP contribution in [0.2, 0.25) is 0 Å². The zero-order valence-corrected chi connectivity index (χ0v) is 12.8. The van der Waals surface area contributed by atoms with Gasteiger partial charge in [-0.25, -0.2) is 0 Å². The van der Waals surface area contributed by atoms with E-state index in [1.165, 1.54) is 12.1 Å². The fourth-order valence-corrected chi connectivity index (χ4v) is 2.53. The van der Waals surface area contributed by atoms with Gasteiger partial charge in [0.2, 0.25) is 5.91 Å². The minimum absolute atomic E-state index is 0.118. The van der Waals surface area contributed by atoms with Crippen LogP contribution in [0.3, 0.4) is 0 Å². The van der Waals surface area contributed by atoms with Crippen LogP contribution in [0, 0.1) is 10.1 Å². The molecule has 24 heavy (non-hydrogen) atoms. The van der Waals surface area contributed by atoms with Gasteiger partial charge in [-0.05, 0) is 11.3 Å². The number of carbonyl (C=O) groups excluding carboxylic acids is 1. The first-order chi connectivity index (χ1) is 11.6. The Labute approximate surface area is 136 Å². The number of nitro benzene ring substituents is 1. The zero-order valence-electron chi connectivity index (χ0n) is 12.8. The van der Waals surface area contributed by atoms with Crippen molar-refractivity contribution in [1.82, 2.24) is 25.5 Å². The Morgan fingerprint density at radius 2 is 2.04 bits per heavy atom. The molecule has 2 N–H and O–H groups in total. The molecule has 1 aromatic carbocycles. The van der Waals surface area contributed by atoms with Gasteiger partial charge in [0.25, 0.3) is 11.6 Å². The maximum Gasteiger partial charge on any atom is 0.292 e. The fraction of sp³-hybridized carbons (Fsp3) is 0.385. The van der Waals surface area contributed by atoms with E-state index in [4.69, 9.17) is 0 Å². The molecule has 1 aliphatic rings. The monoisotopic (exact) mass is 332 g/mol. The second-order valence-electron chi connectivity index (χ2n) is 5.30. The van der Waals surface area contributed by atoms with Crippen LogP contribution < -0.4 is 10.2 Å². The average Bonchev–Trinajstić information content (AvgIpc) is 3.10. The summed E-state index contributed by atoms with van der Waals surface area (Å²) in [6.45, 7) is 2.86. The minimum atomic E-state index is -0.515. The highest BCUT2D eigenvalue weighted by molar-refractivity contribution is 5.94. The molecule has 0 spiro atoms. The molecular weight excluding hydrogens is 316 g/mol. The molecular formula is C13H16N8O3. The number of para-hydroxylation sites is 2. The van der Waals surface area contributed by atoms with E-state index in [-0.39, 0.29) is 23.8 Å². The number of hydrogen-bond donors (Lipinski definition) is 2. The Morgan fingerprint density at radius 3 is 2.71 bits per heavy atom. The van der Waals surface area contributed by atoms with Gasteiger partial charge in [-0.2, -0.15) is 5.21 Å². The third kappa shape index (κ3) is 3.63. The molecule has 1 fully saturated rings. The zero-order chi connectivity index (χ0) is 16.9. The van der Waals surface area contributed by atoms with Crippen LogP contribution in [0.1, 0.15) is 0 Å². The molecule has 0 aliphatic carbocycles. The molecule has 1 aliphatic heterocycles. The number of H-pyrrole nitrogens is 1. The van der Waals surface area contributed by atoms with Gasteiger partial charge in [0.15, 0.2) is 0 Å². The quantitative estimate of drug-likeness (QED) is 0.571. The second-order valence-corrected chi connectivity index (χ2v) is 5.30. The Bertz CT molecular complexity index is 712. The van der Waals surface area contributed by atoms with Crippen molar-refractivity contribution in [1.29, 1.82) is 0 Å². The molecule has 11 nitrogen and oxygen atoms in total. The van der Waals surface area contributed by atoms with E-state index in [0.29, 0.717) is 32.1 Å². The number of carbonyl (C=O) groups is 1. The Hall–Kier alpha value is -3.08. The lowest BCUT2D eigenvalue weighted by Crippen LogP contribution is -2.49. The van der Waals surface area contributed by atoms with Crippen molar-refractivity contribution in [2.45, 2.75) is 0 Å². The maximum absolute atomic E-state index is 12.1. The van der Waals surface area contributed by atoms with Crippen LogP contribution in [0.25, 0.3) is 0 Å². The van der Waals surface area contributed by atoms with E-state index in [1.807, 2.05) is 9.80 Å². The number of tetrazole rings is 1. The SMILES string of the molecule is O=C(CN1CCN(c2nn[nH]n2)CC1)Nc1ccccc1[N+](=O)[O-]. The number of benzene rings is 1. The molecule has 2 aromatic rings. The second kappa shape index (κ2) is 7.00. The molecule has 1 aromatic heterocycles. The maximum atomic E-state index is 12.1. The van der Waals surface area contributed by atoms with Crippen molar-refractivity contribution in [3.63, 3.8) is 0 Å². The standard InChI is InChI=1S/C13H16N8O3/c22-12(14-10-3-1-2-4-11(10)21(23)24)9-19-5-7-20(8-6-19)13-15-17-18-16-13/h1-4H,5-9H2,(H,14,22)(H,15,16,17,18). The number of nitro groups is 1. The predicted molar refractivity (Wildman–Crippen MR) is 84.6 cm³/mol. The van der Waals surface area contributed by atoms with Gasteiger partial charge in [-0.3, -0.25) is 19.8 Å². The van der Waals surface area contributed by atoms with Gasteiger partial charge in [0, 0.05) is 32.2 Å². The lowest BCUT2D eigenvalue weighted by atomic mass is 10.2. The summed E-state index contributed by atoms with van der Waals surface area (Å²) in [5.74, 6) is 0.260. The summed E-state index contributed by atoms with van der Waals surface area (Å²) in [7, 11) is 0. The average molecular weight is 332 g/mol. The molecule has 0 radical (unpaired) electrons. The molecule has 11 heteroatoms. The van der Waals surface area contributed by atoms with Crippen LogP contribution in [0.15, 0.2) is 24.3 Å². The Kier molecular flexibility index (Phi) is 4.61. The molecule has 3 rings (SSSR count). The number of aromatic amines is 1. The van der Waals surface area contributed by atoms with E-state index in [2.05, 4.69) is 25.9 Å². The van der Waals surface area contributed by atoms with E-state index in [9.17, 15) is 14.9 Å². The van der Waals surface area contributed by atoms with Gasteiger partial charge in [0.05, 0.1) is 11.5 Å². The molecule has 1 saturated heterocycles. The number of nitrogens with one attached hydrogen (secondary N) is 2. The van der Waals surface area contributed by atoms with E-state index in [1.54, 1.807) is 12.1 Å². The van der Waals surface area contributed by atoms with Crippen molar-refractivity contribution in [3.05, 3.63) is 34.4 Å². The van der Waals surface area contributed by atoms with Gasteiger partial charge in [-0.1, -0.05) is 17.2 Å². The number of anilines is 2. The Morgan fingerprint density at radius 1 is 1.29 bits per heavy atom. The van der Waals surface area contributed by atoms with Gasteiger partial charge in [-0.15, -0.1) is 5.10 Å². The topological polar surface area (TPSA) is 133 Å².